The molecule has 1 N–H and O–H groups in total. The van der Waals surface area contributed by atoms with Gasteiger partial charge in [-0.3, -0.25) is 10.3 Å². The molecule has 1 aromatic heterocycles. The standard InChI is InChI=1S/C9H16N2.C7H10N2/c1-2-5-9-10-6-4-8-11(9)7-3-1;1-9(2)7-3-5-8-6-4-7/h3,7,9-10H,1-2,4-6,8H2;3-6H,1-2H3. The molecule has 4 heteroatoms. The summed E-state index contributed by atoms with van der Waals surface area (Å²) in [7, 11) is 4.02. The van der Waals surface area contributed by atoms with Crippen LogP contribution in [0.25, 0.3) is 0 Å². The summed E-state index contributed by atoms with van der Waals surface area (Å²) in [5, 5.41) is 3.54. The Kier molecular flexibility index (Phi) is 5.87. The fraction of sp³-hybridized carbons (Fsp3) is 0.562. The highest BCUT2D eigenvalue weighted by molar-refractivity contribution is 5.42. The van der Waals surface area contributed by atoms with Crippen LogP contribution >= 0.6 is 0 Å². The minimum atomic E-state index is 0.641. The van der Waals surface area contributed by atoms with Crippen molar-refractivity contribution >= 4 is 5.69 Å². The summed E-state index contributed by atoms with van der Waals surface area (Å²) >= 11 is 0. The molecule has 0 radical (unpaired) electrons. The number of aromatic nitrogens is 1. The van der Waals surface area contributed by atoms with Crippen LogP contribution in [0.1, 0.15) is 25.7 Å². The van der Waals surface area contributed by atoms with Crippen LogP contribution in [0, 0.1) is 0 Å². The van der Waals surface area contributed by atoms with Gasteiger partial charge >= 0.3 is 0 Å². The van der Waals surface area contributed by atoms with E-state index in [2.05, 4.69) is 27.5 Å². The monoisotopic (exact) mass is 274 g/mol. The number of nitrogens with one attached hydrogen (secondary N) is 1. The fourth-order valence-corrected chi connectivity index (χ4v) is 2.53. The third-order valence-electron chi connectivity index (χ3n) is 3.70. The molecule has 1 fully saturated rings. The van der Waals surface area contributed by atoms with Crippen molar-refractivity contribution in [3.8, 4) is 0 Å². The highest BCUT2D eigenvalue weighted by Crippen LogP contribution is 2.15. The third-order valence-corrected chi connectivity index (χ3v) is 3.70. The number of hydrogen-bond donors (Lipinski definition) is 1. The number of nitrogens with zero attached hydrogens (tertiary/aromatic N) is 3. The average Bonchev–Trinajstić information content (AvgIpc) is 2.74. The molecule has 3 heterocycles. The second-order valence-electron chi connectivity index (χ2n) is 5.48. The molecule has 0 bridgehead atoms. The van der Waals surface area contributed by atoms with Crippen molar-refractivity contribution in [2.24, 2.45) is 0 Å². The van der Waals surface area contributed by atoms with Crippen LogP contribution in [0.4, 0.5) is 5.69 Å². The first-order valence-corrected chi connectivity index (χ1v) is 7.50. The van der Waals surface area contributed by atoms with Gasteiger partial charge in [-0.25, -0.2) is 0 Å². The van der Waals surface area contributed by atoms with Gasteiger partial charge in [-0.05, 0) is 50.6 Å². The largest absolute Gasteiger partial charge is 0.378 e. The molecule has 4 nitrogen and oxygen atoms in total. The van der Waals surface area contributed by atoms with Crippen molar-refractivity contribution in [3.63, 3.8) is 0 Å². The van der Waals surface area contributed by atoms with Crippen LogP contribution in [-0.4, -0.2) is 43.2 Å². The topological polar surface area (TPSA) is 31.4 Å². The van der Waals surface area contributed by atoms with Gasteiger partial charge in [0.15, 0.2) is 0 Å². The van der Waals surface area contributed by atoms with Gasteiger partial charge in [-0.2, -0.15) is 0 Å². The van der Waals surface area contributed by atoms with Crippen LogP contribution in [0.3, 0.4) is 0 Å². The summed E-state index contributed by atoms with van der Waals surface area (Å²) in [4.78, 5) is 8.39. The second kappa shape index (κ2) is 7.90. The Hall–Kier alpha value is -1.55. The normalized spacial score (nSPS) is 21.3. The Balaban J connectivity index is 0.000000151. The van der Waals surface area contributed by atoms with Crippen LogP contribution in [-0.2, 0) is 0 Å². The maximum Gasteiger partial charge on any atom is 0.0790 e. The first-order chi connectivity index (χ1) is 9.77. The zero-order valence-corrected chi connectivity index (χ0v) is 12.6. The Morgan fingerprint density at radius 1 is 1.25 bits per heavy atom. The summed E-state index contributed by atoms with van der Waals surface area (Å²) in [6, 6.07) is 3.94. The minimum absolute atomic E-state index is 0.641. The molecule has 1 aromatic rings. The lowest BCUT2D eigenvalue weighted by Crippen LogP contribution is -2.48. The summed E-state index contributed by atoms with van der Waals surface area (Å²) in [6.07, 6.45) is 14.0. The minimum Gasteiger partial charge on any atom is -0.378 e. The smallest absolute Gasteiger partial charge is 0.0790 e. The maximum absolute atomic E-state index is 3.90. The lowest BCUT2D eigenvalue weighted by atomic mass is 10.2. The van der Waals surface area contributed by atoms with E-state index in [0.29, 0.717) is 6.17 Å². The summed E-state index contributed by atoms with van der Waals surface area (Å²) < 4.78 is 0. The Morgan fingerprint density at radius 3 is 2.75 bits per heavy atom. The number of hydrogen-bond acceptors (Lipinski definition) is 4. The molecule has 20 heavy (non-hydrogen) atoms. The predicted octanol–water partition coefficient (Wildman–Crippen LogP) is 2.45. The fourth-order valence-electron chi connectivity index (χ4n) is 2.53. The summed E-state index contributed by atoms with van der Waals surface area (Å²) in [5.41, 5.74) is 1.19. The highest BCUT2D eigenvalue weighted by atomic mass is 15.3. The SMILES string of the molecule is C1=CN2CCCNC2CCC1.CN(C)c1ccncc1. The molecule has 0 aliphatic carbocycles. The molecule has 1 saturated heterocycles. The van der Waals surface area contributed by atoms with Crippen molar-refractivity contribution in [2.45, 2.75) is 31.8 Å². The van der Waals surface area contributed by atoms with Crippen molar-refractivity contribution in [3.05, 3.63) is 36.8 Å². The quantitative estimate of drug-likeness (QED) is 0.852. The van der Waals surface area contributed by atoms with E-state index in [9.17, 15) is 0 Å². The highest BCUT2D eigenvalue weighted by Gasteiger charge is 2.19. The van der Waals surface area contributed by atoms with Gasteiger partial charge < -0.3 is 9.80 Å². The third kappa shape index (κ3) is 4.53. The van der Waals surface area contributed by atoms with Crippen LogP contribution in [0.15, 0.2) is 36.8 Å². The zero-order chi connectivity index (χ0) is 14.2. The van der Waals surface area contributed by atoms with Crippen LogP contribution in [0.2, 0.25) is 0 Å². The van der Waals surface area contributed by atoms with Crippen molar-refractivity contribution in [2.75, 3.05) is 32.1 Å². The van der Waals surface area contributed by atoms with Crippen LogP contribution < -0.4 is 10.2 Å². The van der Waals surface area contributed by atoms with Gasteiger partial charge in [-0.1, -0.05) is 6.08 Å². The van der Waals surface area contributed by atoms with Crippen molar-refractivity contribution < 1.29 is 0 Å². The summed E-state index contributed by atoms with van der Waals surface area (Å²) in [5.74, 6) is 0. The Bertz CT molecular complexity index is 402. The molecule has 1 unspecified atom stereocenters. The average molecular weight is 274 g/mol. The van der Waals surface area contributed by atoms with Gasteiger partial charge in [0, 0.05) is 38.7 Å². The maximum atomic E-state index is 3.90. The zero-order valence-electron chi connectivity index (χ0n) is 12.6. The molecule has 0 saturated carbocycles. The number of rotatable bonds is 1. The summed E-state index contributed by atoms with van der Waals surface area (Å²) in [6.45, 7) is 2.45. The van der Waals surface area contributed by atoms with E-state index in [0.717, 1.165) is 0 Å². The molecule has 110 valence electrons. The first kappa shape index (κ1) is 14.9. The molecular weight excluding hydrogens is 248 g/mol. The molecular formula is C16H26N4. The van der Waals surface area contributed by atoms with Crippen LogP contribution in [0.5, 0.6) is 0 Å². The molecule has 2 aliphatic rings. The van der Waals surface area contributed by atoms with E-state index in [4.69, 9.17) is 0 Å². The molecule has 2 aliphatic heterocycles. The van der Waals surface area contributed by atoms with Gasteiger partial charge in [-0.15, -0.1) is 0 Å². The first-order valence-electron chi connectivity index (χ1n) is 7.50. The van der Waals surface area contributed by atoms with Gasteiger partial charge in [0.2, 0.25) is 0 Å². The number of pyridine rings is 1. The Labute approximate surface area is 122 Å². The lowest BCUT2D eigenvalue weighted by molar-refractivity contribution is 0.184. The lowest BCUT2D eigenvalue weighted by Gasteiger charge is -2.34. The van der Waals surface area contributed by atoms with Gasteiger partial charge in [0.1, 0.15) is 0 Å². The van der Waals surface area contributed by atoms with Crippen molar-refractivity contribution in [1.29, 1.82) is 0 Å². The molecule has 1 atom stereocenters. The van der Waals surface area contributed by atoms with Crippen molar-refractivity contribution in [1.82, 2.24) is 15.2 Å². The predicted molar refractivity (Wildman–Crippen MR) is 84.7 cm³/mol. The Morgan fingerprint density at radius 2 is 2.05 bits per heavy atom. The molecule has 0 amide bonds. The number of fused-ring (bicyclic) bond motifs is 1. The van der Waals surface area contributed by atoms with E-state index in [1.54, 1.807) is 12.4 Å². The number of anilines is 1. The molecule has 3 rings (SSSR count). The molecule has 0 spiro atoms. The van der Waals surface area contributed by atoms with E-state index < -0.39 is 0 Å². The van der Waals surface area contributed by atoms with E-state index in [1.165, 1.54) is 44.5 Å². The van der Waals surface area contributed by atoms with E-state index >= 15 is 0 Å². The molecule has 0 aromatic carbocycles. The van der Waals surface area contributed by atoms with E-state index in [1.807, 2.05) is 31.1 Å². The second-order valence-corrected chi connectivity index (χ2v) is 5.48. The van der Waals surface area contributed by atoms with Gasteiger partial charge in [0.25, 0.3) is 0 Å². The number of allylic oxidation sites excluding steroid dienone is 1. The van der Waals surface area contributed by atoms with Gasteiger partial charge in [0.05, 0.1) is 6.17 Å². The van der Waals surface area contributed by atoms with E-state index in [-0.39, 0.29) is 0 Å².